The second kappa shape index (κ2) is 4.30. The van der Waals surface area contributed by atoms with Crippen LogP contribution in [0.1, 0.15) is 18.4 Å². The molecule has 0 saturated heterocycles. The predicted molar refractivity (Wildman–Crippen MR) is 68.8 cm³/mol. The van der Waals surface area contributed by atoms with Gasteiger partial charge in [-0.3, -0.25) is 4.98 Å². The molecule has 0 bridgehead atoms. The molecule has 0 radical (unpaired) electrons. The van der Waals surface area contributed by atoms with Gasteiger partial charge in [-0.05, 0) is 37.0 Å². The van der Waals surface area contributed by atoms with Gasteiger partial charge in [-0.1, -0.05) is 29.8 Å². The first-order chi connectivity index (χ1) is 8.33. The molecule has 2 aromatic rings. The van der Waals surface area contributed by atoms with Gasteiger partial charge in [0.05, 0.1) is 11.6 Å². The maximum atomic E-state index is 9.50. The quantitative estimate of drug-likeness (QED) is 0.797. The lowest BCUT2D eigenvalue weighted by molar-refractivity contribution is 0.223. The van der Waals surface area contributed by atoms with Gasteiger partial charge >= 0.3 is 0 Å². The number of pyridine rings is 1. The van der Waals surface area contributed by atoms with Gasteiger partial charge < -0.3 is 5.11 Å². The van der Waals surface area contributed by atoms with Crippen LogP contribution in [0.5, 0.6) is 0 Å². The predicted octanol–water partition coefficient (Wildman–Crippen LogP) is 2.86. The molecule has 1 heterocycles. The largest absolute Gasteiger partial charge is 0.389 e. The molecule has 1 aliphatic carbocycles. The number of nitrogens with zero attached hydrogens (tertiary/aromatic N) is 1. The second-order valence-corrected chi connectivity index (χ2v) is 4.59. The summed E-state index contributed by atoms with van der Waals surface area (Å²) in [5.41, 5.74) is 3.69. The Balaban J connectivity index is 1.98. The van der Waals surface area contributed by atoms with Crippen molar-refractivity contribution < 1.29 is 5.11 Å². The summed E-state index contributed by atoms with van der Waals surface area (Å²) in [5, 5.41) is 10.7. The van der Waals surface area contributed by atoms with Crippen LogP contribution in [-0.4, -0.2) is 16.2 Å². The Kier molecular flexibility index (Phi) is 2.65. The SMILES string of the molecule is OC1C=C(Cc2ccnc3ccccc23)CC1. The number of hydrogen-bond acceptors (Lipinski definition) is 2. The van der Waals surface area contributed by atoms with Crippen LogP contribution >= 0.6 is 0 Å². The highest BCUT2D eigenvalue weighted by Crippen LogP contribution is 2.25. The van der Waals surface area contributed by atoms with E-state index in [0.717, 1.165) is 24.8 Å². The minimum atomic E-state index is -0.238. The zero-order valence-electron chi connectivity index (χ0n) is 9.63. The molecule has 0 fully saturated rings. The van der Waals surface area contributed by atoms with Gasteiger partial charge in [0.15, 0.2) is 0 Å². The summed E-state index contributed by atoms with van der Waals surface area (Å²) in [7, 11) is 0. The van der Waals surface area contributed by atoms with Gasteiger partial charge in [0.25, 0.3) is 0 Å². The van der Waals surface area contributed by atoms with E-state index in [2.05, 4.69) is 17.1 Å². The Morgan fingerprint density at radius 2 is 2.12 bits per heavy atom. The lowest BCUT2D eigenvalue weighted by atomic mass is 10.0. The molecule has 3 rings (SSSR count). The third-order valence-electron chi connectivity index (χ3n) is 3.35. The monoisotopic (exact) mass is 225 g/mol. The molecule has 0 spiro atoms. The van der Waals surface area contributed by atoms with Crippen LogP contribution in [0.15, 0.2) is 48.2 Å². The topological polar surface area (TPSA) is 33.1 Å². The van der Waals surface area contributed by atoms with E-state index < -0.39 is 0 Å². The number of hydrogen-bond donors (Lipinski definition) is 1. The van der Waals surface area contributed by atoms with Gasteiger partial charge in [0.1, 0.15) is 0 Å². The minimum absolute atomic E-state index is 0.238. The summed E-state index contributed by atoms with van der Waals surface area (Å²) in [4.78, 5) is 4.36. The Hall–Kier alpha value is -1.67. The molecular formula is C15H15NO. The fraction of sp³-hybridized carbons (Fsp3) is 0.267. The third kappa shape index (κ3) is 2.08. The lowest BCUT2D eigenvalue weighted by Crippen LogP contribution is -1.93. The van der Waals surface area contributed by atoms with Crippen molar-refractivity contribution in [3.05, 3.63) is 53.7 Å². The molecule has 1 unspecified atom stereocenters. The normalized spacial score (nSPS) is 19.6. The van der Waals surface area contributed by atoms with E-state index >= 15 is 0 Å². The molecule has 17 heavy (non-hydrogen) atoms. The van der Waals surface area contributed by atoms with Crippen molar-refractivity contribution in [2.45, 2.75) is 25.4 Å². The van der Waals surface area contributed by atoms with E-state index in [1.54, 1.807) is 0 Å². The molecule has 1 aromatic heterocycles. The van der Waals surface area contributed by atoms with E-state index in [0.29, 0.717) is 0 Å². The minimum Gasteiger partial charge on any atom is -0.389 e. The highest BCUT2D eigenvalue weighted by atomic mass is 16.3. The Morgan fingerprint density at radius 1 is 1.24 bits per heavy atom. The van der Waals surface area contributed by atoms with Gasteiger partial charge in [-0.25, -0.2) is 0 Å². The third-order valence-corrected chi connectivity index (χ3v) is 3.35. The van der Waals surface area contributed by atoms with Crippen LogP contribution in [0.2, 0.25) is 0 Å². The molecule has 1 aliphatic rings. The summed E-state index contributed by atoms with van der Waals surface area (Å²) >= 11 is 0. The van der Waals surface area contributed by atoms with Crippen molar-refractivity contribution in [1.82, 2.24) is 4.98 Å². The summed E-state index contributed by atoms with van der Waals surface area (Å²) in [6.07, 6.45) is 6.44. The van der Waals surface area contributed by atoms with E-state index in [4.69, 9.17) is 0 Å². The highest BCUT2D eigenvalue weighted by Gasteiger charge is 2.13. The maximum Gasteiger partial charge on any atom is 0.0726 e. The Bertz CT molecular complexity index is 569. The van der Waals surface area contributed by atoms with E-state index in [1.165, 1.54) is 16.5 Å². The molecule has 1 atom stereocenters. The fourth-order valence-electron chi connectivity index (χ4n) is 2.47. The number of fused-ring (bicyclic) bond motifs is 1. The number of para-hydroxylation sites is 1. The van der Waals surface area contributed by atoms with Gasteiger partial charge in [-0.15, -0.1) is 0 Å². The van der Waals surface area contributed by atoms with Crippen LogP contribution < -0.4 is 0 Å². The Morgan fingerprint density at radius 3 is 2.94 bits per heavy atom. The number of aliphatic hydroxyl groups excluding tert-OH is 1. The van der Waals surface area contributed by atoms with Crippen molar-refractivity contribution >= 4 is 10.9 Å². The van der Waals surface area contributed by atoms with Crippen LogP contribution in [0.25, 0.3) is 10.9 Å². The molecule has 1 N–H and O–H groups in total. The fourth-order valence-corrected chi connectivity index (χ4v) is 2.47. The van der Waals surface area contributed by atoms with Crippen LogP contribution in [-0.2, 0) is 6.42 Å². The summed E-state index contributed by atoms with van der Waals surface area (Å²) < 4.78 is 0. The first-order valence-electron chi connectivity index (χ1n) is 6.03. The van der Waals surface area contributed by atoms with E-state index in [9.17, 15) is 5.11 Å². The van der Waals surface area contributed by atoms with Crippen LogP contribution in [0.3, 0.4) is 0 Å². The van der Waals surface area contributed by atoms with Crippen molar-refractivity contribution in [2.75, 3.05) is 0 Å². The standard InChI is InChI=1S/C15H15NO/c17-13-6-5-11(10-13)9-12-7-8-16-15-4-2-1-3-14(12)15/h1-4,7-8,10,13,17H,5-6,9H2. The average Bonchev–Trinajstić information content (AvgIpc) is 2.75. The molecule has 1 aromatic carbocycles. The zero-order valence-corrected chi connectivity index (χ0v) is 9.63. The van der Waals surface area contributed by atoms with Crippen molar-refractivity contribution in [2.24, 2.45) is 0 Å². The molecular weight excluding hydrogens is 210 g/mol. The molecule has 2 nitrogen and oxygen atoms in total. The molecule has 0 aliphatic heterocycles. The Labute approximate surface area is 101 Å². The maximum absolute atomic E-state index is 9.50. The second-order valence-electron chi connectivity index (χ2n) is 4.59. The first kappa shape index (κ1) is 10.5. The summed E-state index contributed by atoms with van der Waals surface area (Å²) in [6, 6.07) is 10.3. The highest BCUT2D eigenvalue weighted by molar-refractivity contribution is 5.82. The van der Waals surface area contributed by atoms with Gasteiger partial charge in [0, 0.05) is 11.6 Å². The summed E-state index contributed by atoms with van der Waals surface area (Å²) in [6.45, 7) is 0. The van der Waals surface area contributed by atoms with Gasteiger partial charge in [0.2, 0.25) is 0 Å². The van der Waals surface area contributed by atoms with E-state index in [-0.39, 0.29) is 6.10 Å². The number of benzene rings is 1. The van der Waals surface area contributed by atoms with Crippen LogP contribution in [0.4, 0.5) is 0 Å². The smallest absolute Gasteiger partial charge is 0.0726 e. The van der Waals surface area contributed by atoms with Crippen molar-refractivity contribution in [3.63, 3.8) is 0 Å². The number of aromatic nitrogens is 1. The summed E-state index contributed by atoms with van der Waals surface area (Å²) in [5.74, 6) is 0. The van der Waals surface area contributed by atoms with E-state index in [1.807, 2.05) is 30.5 Å². The average molecular weight is 225 g/mol. The van der Waals surface area contributed by atoms with Crippen LogP contribution in [0, 0.1) is 0 Å². The van der Waals surface area contributed by atoms with Crippen molar-refractivity contribution in [3.8, 4) is 0 Å². The molecule has 86 valence electrons. The molecule has 2 heteroatoms. The number of allylic oxidation sites excluding steroid dienone is 1. The van der Waals surface area contributed by atoms with Crippen molar-refractivity contribution in [1.29, 1.82) is 0 Å². The number of aliphatic hydroxyl groups is 1. The van der Waals surface area contributed by atoms with Gasteiger partial charge in [-0.2, -0.15) is 0 Å². The molecule has 0 saturated carbocycles. The first-order valence-corrected chi connectivity index (χ1v) is 6.03. The zero-order chi connectivity index (χ0) is 11.7. The lowest BCUT2D eigenvalue weighted by Gasteiger charge is -2.06. The molecule has 0 amide bonds. The number of rotatable bonds is 2.